The van der Waals surface area contributed by atoms with Crippen LogP contribution in [0, 0.1) is 5.92 Å². The molecule has 0 N–H and O–H groups in total. The molecule has 1 atom stereocenters. The first-order valence-electron chi connectivity index (χ1n) is 6.75. The summed E-state index contributed by atoms with van der Waals surface area (Å²) in [5.74, 6) is 1.07. The molecule has 0 bridgehead atoms. The lowest BCUT2D eigenvalue weighted by Crippen LogP contribution is -2.40. The van der Waals surface area contributed by atoms with E-state index in [4.69, 9.17) is 0 Å². The molecule has 1 heteroatoms. The van der Waals surface area contributed by atoms with Gasteiger partial charge in [-0.15, -0.1) is 0 Å². The molecule has 1 unspecified atom stereocenters. The third kappa shape index (κ3) is 2.05. The van der Waals surface area contributed by atoms with Gasteiger partial charge in [-0.05, 0) is 5.92 Å². The predicted molar refractivity (Wildman–Crippen MR) is 67.3 cm³/mol. The predicted octanol–water partition coefficient (Wildman–Crippen LogP) is 4.88. The zero-order valence-corrected chi connectivity index (χ0v) is 11.8. The molecule has 1 heterocycles. The minimum Gasteiger partial charge on any atom is -0.0963 e. The number of hydrogen-bond acceptors (Lipinski definition) is 0. The Morgan fingerprint density at radius 2 is 1.79 bits per heavy atom. The van der Waals surface area contributed by atoms with Gasteiger partial charge in [-0.25, -0.2) is 0 Å². The lowest BCUT2D eigenvalue weighted by molar-refractivity contribution is 0.277. The molecule has 0 radical (unpaired) electrons. The molecule has 0 spiro atoms. The van der Waals surface area contributed by atoms with Crippen LogP contribution in [-0.2, 0) is 0 Å². The van der Waals surface area contributed by atoms with Crippen LogP contribution in [0.2, 0.25) is 14.8 Å². The minimum absolute atomic E-state index is 0.432. The van der Waals surface area contributed by atoms with Gasteiger partial charge in [0.05, 0.1) is 0 Å². The Bertz CT molecular complexity index is 147. The Morgan fingerprint density at radius 3 is 2.21 bits per heavy atom. The largest absolute Gasteiger partial charge is 0.269 e. The standard InChI is InChI=1S/C11H22.C2H5.Al/c1-5-9-11(8-4)10(6-2)7-3;1-2;/h11H,1,5-9H2,2-4H3;1H2,2H3;. The molecule has 14 heavy (non-hydrogen) atoms. The van der Waals surface area contributed by atoms with E-state index in [1.54, 1.807) is 11.7 Å². The van der Waals surface area contributed by atoms with E-state index >= 15 is 0 Å². The van der Waals surface area contributed by atoms with Crippen LogP contribution in [0.5, 0.6) is 0 Å². The summed E-state index contributed by atoms with van der Waals surface area (Å²) in [5.41, 5.74) is 0. The van der Waals surface area contributed by atoms with Gasteiger partial charge in [0.15, 0.2) is 0 Å². The van der Waals surface area contributed by atoms with E-state index in [2.05, 4.69) is 27.7 Å². The monoisotopic (exact) mass is 210 g/mol. The van der Waals surface area contributed by atoms with Crippen LogP contribution in [0.1, 0.15) is 59.8 Å². The summed E-state index contributed by atoms with van der Waals surface area (Å²) in [7, 11) is 0. The topological polar surface area (TPSA) is 0 Å². The van der Waals surface area contributed by atoms with Crippen LogP contribution in [0.4, 0.5) is 0 Å². The highest BCUT2D eigenvalue weighted by atomic mass is 27.2. The molecule has 1 aliphatic heterocycles. The lowest BCUT2D eigenvalue weighted by Gasteiger charge is -2.47. The Morgan fingerprint density at radius 1 is 1.14 bits per heavy atom. The highest BCUT2D eigenvalue weighted by Gasteiger charge is 2.46. The molecule has 0 aromatic carbocycles. The van der Waals surface area contributed by atoms with Crippen molar-refractivity contribution in [2.24, 2.45) is 5.92 Å². The second-order valence-corrected chi connectivity index (χ2v) is 9.02. The third-order valence-corrected chi connectivity index (χ3v) is 10.0. The number of hydrogen-bond donors (Lipinski definition) is 0. The molecule has 1 rings (SSSR count). The first-order chi connectivity index (χ1) is 6.75. The van der Waals surface area contributed by atoms with E-state index in [0.29, 0.717) is 0 Å². The van der Waals surface area contributed by atoms with E-state index < -0.39 is 14.1 Å². The zero-order valence-electron chi connectivity index (χ0n) is 10.6. The molecule has 0 aliphatic carbocycles. The molecule has 0 aromatic rings. The van der Waals surface area contributed by atoms with E-state index in [1.165, 1.54) is 31.0 Å². The summed E-state index contributed by atoms with van der Waals surface area (Å²) in [5, 5.41) is 3.17. The number of rotatable bonds is 4. The van der Waals surface area contributed by atoms with Crippen molar-refractivity contribution in [2.45, 2.75) is 74.6 Å². The van der Waals surface area contributed by atoms with Gasteiger partial charge in [0.25, 0.3) is 14.1 Å². The fraction of sp³-hybridized carbons (Fsp3) is 1.00. The van der Waals surface area contributed by atoms with Gasteiger partial charge in [-0.1, -0.05) is 74.6 Å². The van der Waals surface area contributed by atoms with E-state index in [0.717, 1.165) is 10.2 Å². The van der Waals surface area contributed by atoms with Crippen molar-refractivity contribution >= 4 is 14.1 Å². The fourth-order valence-corrected chi connectivity index (χ4v) is 8.89. The third-order valence-electron chi connectivity index (χ3n) is 5.03. The SMILES string of the molecule is CCC1CC[CH2][Al]([CH2]C)[C]1(CC)CC. The zero-order chi connectivity index (χ0) is 10.6. The van der Waals surface area contributed by atoms with E-state index in [9.17, 15) is 0 Å². The minimum atomic E-state index is -0.432. The van der Waals surface area contributed by atoms with Crippen LogP contribution < -0.4 is 0 Å². The summed E-state index contributed by atoms with van der Waals surface area (Å²) in [6, 6.07) is 0. The lowest BCUT2D eigenvalue weighted by atomic mass is 9.81. The molecule has 0 aromatic heterocycles. The molecule has 1 saturated heterocycles. The molecule has 82 valence electrons. The van der Waals surface area contributed by atoms with Crippen LogP contribution >= 0.6 is 0 Å². The van der Waals surface area contributed by atoms with Crippen LogP contribution in [0.15, 0.2) is 0 Å². The van der Waals surface area contributed by atoms with Gasteiger partial charge >= 0.3 is 0 Å². The summed E-state index contributed by atoms with van der Waals surface area (Å²) < 4.78 is 0.835. The van der Waals surface area contributed by atoms with Crippen molar-refractivity contribution in [3.8, 4) is 0 Å². The summed E-state index contributed by atoms with van der Waals surface area (Å²) >= 11 is -0.432. The van der Waals surface area contributed by atoms with Crippen LogP contribution in [-0.4, -0.2) is 14.1 Å². The highest BCUT2D eigenvalue weighted by molar-refractivity contribution is 6.62. The van der Waals surface area contributed by atoms with Crippen molar-refractivity contribution in [1.29, 1.82) is 0 Å². The maximum atomic E-state index is 2.45. The van der Waals surface area contributed by atoms with E-state index in [-0.39, 0.29) is 0 Å². The Kier molecular flexibility index (Phi) is 5.01. The summed E-state index contributed by atoms with van der Waals surface area (Å²) in [4.78, 5) is 0. The average molecular weight is 210 g/mol. The quantitative estimate of drug-likeness (QED) is 0.580. The Balaban J connectivity index is 2.86. The van der Waals surface area contributed by atoms with Gasteiger partial charge in [-0.3, -0.25) is 0 Å². The first kappa shape index (κ1) is 12.6. The molecule has 0 nitrogen and oxygen atoms in total. The first-order valence-corrected chi connectivity index (χ1v) is 8.96. The molecular formula is C13H27Al. The van der Waals surface area contributed by atoms with Crippen molar-refractivity contribution in [1.82, 2.24) is 0 Å². The second-order valence-electron chi connectivity index (χ2n) is 5.08. The van der Waals surface area contributed by atoms with Gasteiger partial charge < -0.3 is 0 Å². The van der Waals surface area contributed by atoms with Crippen LogP contribution in [0.3, 0.4) is 0 Å². The maximum Gasteiger partial charge on any atom is 0.269 e. The van der Waals surface area contributed by atoms with Crippen LogP contribution in [0.25, 0.3) is 0 Å². The van der Waals surface area contributed by atoms with Crippen molar-refractivity contribution in [2.75, 3.05) is 0 Å². The molecule has 0 amide bonds. The Labute approximate surface area is 94.9 Å². The van der Waals surface area contributed by atoms with Crippen molar-refractivity contribution < 1.29 is 0 Å². The Hall–Kier alpha value is 0.532. The van der Waals surface area contributed by atoms with E-state index in [1.807, 2.05) is 0 Å². The van der Waals surface area contributed by atoms with Crippen molar-refractivity contribution in [3.05, 3.63) is 0 Å². The van der Waals surface area contributed by atoms with Gasteiger partial charge in [0.2, 0.25) is 0 Å². The van der Waals surface area contributed by atoms with Gasteiger partial charge in [-0.2, -0.15) is 0 Å². The molecule has 0 saturated carbocycles. The average Bonchev–Trinajstić information content (AvgIpc) is 2.27. The summed E-state index contributed by atoms with van der Waals surface area (Å²) in [6.45, 7) is 9.77. The van der Waals surface area contributed by atoms with Crippen molar-refractivity contribution in [3.63, 3.8) is 0 Å². The fourth-order valence-electron chi connectivity index (χ4n) is 4.14. The van der Waals surface area contributed by atoms with Gasteiger partial charge in [0.1, 0.15) is 0 Å². The smallest absolute Gasteiger partial charge is 0.0963 e. The molecule has 1 fully saturated rings. The molecular weight excluding hydrogens is 183 g/mol. The highest BCUT2D eigenvalue weighted by Crippen LogP contribution is 2.54. The normalized spacial score (nSPS) is 26.6. The van der Waals surface area contributed by atoms with Gasteiger partial charge in [0, 0.05) is 0 Å². The maximum absolute atomic E-state index is 2.45. The second kappa shape index (κ2) is 5.57. The molecule has 1 aliphatic rings. The summed E-state index contributed by atoms with van der Waals surface area (Å²) in [6.07, 6.45) is 7.44.